The van der Waals surface area contributed by atoms with Gasteiger partial charge < -0.3 is 0 Å². The minimum atomic E-state index is -0.427. The van der Waals surface area contributed by atoms with Gasteiger partial charge in [-0.1, -0.05) is 12.1 Å². The molecule has 0 bridgehead atoms. The molecule has 0 saturated carbocycles. The zero-order valence-corrected chi connectivity index (χ0v) is 11.7. The van der Waals surface area contributed by atoms with Crippen LogP contribution in [0.3, 0.4) is 0 Å². The second-order valence-electron chi connectivity index (χ2n) is 5.23. The summed E-state index contributed by atoms with van der Waals surface area (Å²) in [5.41, 5.74) is 1.14. The number of amides is 2. The van der Waals surface area contributed by atoms with Crippen LogP contribution in [0, 0.1) is 0 Å². The lowest BCUT2D eigenvalue weighted by molar-refractivity contribution is -0.120. The van der Waals surface area contributed by atoms with Crippen molar-refractivity contribution in [3.05, 3.63) is 54.1 Å². The summed E-state index contributed by atoms with van der Waals surface area (Å²) in [6.07, 6.45) is 5.78. The predicted octanol–water partition coefficient (Wildman–Crippen LogP) is 1.69. The number of benzene rings is 1. The molecular weight excluding hydrogens is 282 g/mol. The van der Waals surface area contributed by atoms with Crippen molar-refractivity contribution in [2.75, 3.05) is 4.90 Å². The summed E-state index contributed by atoms with van der Waals surface area (Å²) in [4.78, 5) is 48.1. The first-order valence-electron chi connectivity index (χ1n) is 6.97. The Kier molecular flexibility index (Phi) is 3.55. The highest BCUT2D eigenvalue weighted by atomic mass is 16.2. The Labute approximate surface area is 126 Å². The minimum Gasteiger partial charge on any atom is -0.295 e. The Morgan fingerprint density at radius 2 is 1.64 bits per heavy atom. The molecule has 2 aliphatic rings. The van der Waals surface area contributed by atoms with Gasteiger partial charge in [-0.3, -0.25) is 19.2 Å². The van der Waals surface area contributed by atoms with Gasteiger partial charge in [-0.15, -0.1) is 0 Å². The van der Waals surface area contributed by atoms with E-state index in [0.717, 1.165) is 4.90 Å². The third kappa shape index (κ3) is 2.53. The second kappa shape index (κ2) is 5.52. The summed E-state index contributed by atoms with van der Waals surface area (Å²) < 4.78 is 0. The van der Waals surface area contributed by atoms with E-state index in [4.69, 9.17) is 0 Å². The quantitative estimate of drug-likeness (QED) is 0.778. The lowest BCUT2D eigenvalue weighted by Crippen LogP contribution is -2.29. The Bertz CT molecular complexity index is 727. The third-order valence-electron chi connectivity index (χ3n) is 3.80. The van der Waals surface area contributed by atoms with E-state index in [0.29, 0.717) is 24.1 Å². The van der Waals surface area contributed by atoms with Crippen molar-refractivity contribution >= 4 is 29.1 Å². The molecule has 5 heteroatoms. The van der Waals surface area contributed by atoms with Crippen molar-refractivity contribution in [2.45, 2.75) is 18.8 Å². The molecule has 1 aromatic carbocycles. The number of nitrogens with zero attached hydrogens (tertiary/aromatic N) is 1. The summed E-state index contributed by atoms with van der Waals surface area (Å²) in [5.74, 6) is -1.43. The van der Waals surface area contributed by atoms with Crippen molar-refractivity contribution in [2.24, 2.45) is 0 Å². The van der Waals surface area contributed by atoms with Crippen LogP contribution in [0.25, 0.3) is 0 Å². The van der Waals surface area contributed by atoms with Crippen LogP contribution in [-0.2, 0) is 19.2 Å². The highest BCUT2D eigenvalue weighted by Gasteiger charge is 2.27. The summed E-state index contributed by atoms with van der Waals surface area (Å²) in [5, 5.41) is 0. The molecule has 2 amide bonds. The molecule has 0 N–H and O–H groups in total. The molecule has 5 nitrogen and oxygen atoms in total. The number of imide groups is 1. The van der Waals surface area contributed by atoms with Crippen molar-refractivity contribution < 1.29 is 19.2 Å². The Balaban J connectivity index is 1.93. The van der Waals surface area contributed by atoms with Crippen LogP contribution in [0.2, 0.25) is 0 Å². The molecule has 110 valence electrons. The van der Waals surface area contributed by atoms with E-state index < -0.39 is 17.7 Å². The van der Waals surface area contributed by atoms with Crippen molar-refractivity contribution in [3.8, 4) is 0 Å². The Morgan fingerprint density at radius 1 is 0.909 bits per heavy atom. The Morgan fingerprint density at radius 3 is 2.36 bits per heavy atom. The van der Waals surface area contributed by atoms with Gasteiger partial charge >= 0.3 is 0 Å². The zero-order chi connectivity index (χ0) is 15.7. The molecule has 0 saturated heterocycles. The molecular formula is C17H13NO4. The van der Waals surface area contributed by atoms with Gasteiger partial charge in [0, 0.05) is 24.5 Å². The van der Waals surface area contributed by atoms with E-state index in [-0.39, 0.29) is 11.6 Å². The fraction of sp³-hybridized carbons (Fsp3) is 0.176. The maximum atomic E-state index is 12.1. The fourth-order valence-corrected chi connectivity index (χ4v) is 2.67. The normalized spacial score (nSPS) is 21.6. The molecule has 0 aromatic heterocycles. The number of allylic oxidation sites excluding steroid dienone is 2. The van der Waals surface area contributed by atoms with E-state index in [1.807, 2.05) is 0 Å². The van der Waals surface area contributed by atoms with Crippen molar-refractivity contribution in [3.63, 3.8) is 0 Å². The highest BCUT2D eigenvalue weighted by Crippen LogP contribution is 2.29. The minimum absolute atomic E-state index is 0.0684. The molecule has 0 fully saturated rings. The zero-order valence-electron chi connectivity index (χ0n) is 11.7. The maximum absolute atomic E-state index is 12.1. The Hall–Kier alpha value is -2.82. The number of carbonyl (C=O) groups excluding carboxylic acids is 4. The van der Waals surface area contributed by atoms with Gasteiger partial charge in [0.2, 0.25) is 0 Å². The van der Waals surface area contributed by atoms with Crippen molar-refractivity contribution in [1.29, 1.82) is 0 Å². The lowest BCUT2D eigenvalue weighted by Gasteiger charge is -2.18. The third-order valence-corrected chi connectivity index (χ3v) is 3.80. The van der Waals surface area contributed by atoms with Gasteiger partial charge in [0.15, 0.2) is 11.6 Å². The van der Waals surface area contributed by atoms with Crippen LogP contribution in [0.1, 0.15) is 24.3 Å². The SMILES string of the molecule is O=C1C=CC(=O)C(c2cccc(N3C(=O)C=CC3=O)c2)CC1. The van der Waals surface area contributed by atoms with Gasteiger partial charge in [0.1, 0.15) is 0 Å². The van der Waals surface area contributed by atoms with E-state index >= 15 is 0 Å². The molecule has 1 unspecified atom stereocenters. The van der Waals surface area contributed by atoms with E-state index in [1.165, 1.54) is 24.3 Å². The van der Waals surface area contributed by atoms with Crippen LogP contribution in [0.15, 0.2) is 48.6 Å². The summed E-state index contributed by atoms with van der Waals surface area (Å²) in [6, 6.07) is 6.78. The van der Waals surface area contributed by atoms with Crippen LogP contribution in [-0.4, -0.2) is 23.4 Å². The van der Waals surface area contributed by atoms with E-state index in [1.54, 1.807) is 24.3 Å². The number of rotatable bonds is 2. The molecule has 0 radical (unpaired) electrons. The first-order chi connectivity index (χ1) is 10.6. The molecule has 1 aromatic rings. The largest absolute Gasteiger partial charge is 0.295 e. The average molecular weight is 295 g/mol. The number of hydrogen-bond donors (Lipinski definition) is 0. The maximum Gasteiger partial charge on any atom is 0.258 e. The molecule has 1 atom stereocenters. The van der Waals surface area contributed by atoms with Gasteiger partial charge in [0.05, 0.1) is 5.69 Å². The standard InChI is InChI=1S/C17H13NO4/c19-13-4-6-14(15(20)7-5-13)11-2-1-3-12(10-11)18-16(21)8-9-17(18)22/h1-3,5,7-10,14H,4,6H2. The predicted molar refractivity (Wildman–Crippen MR) is 79.2 cm³/mol. The van der Waals surface area contributed by atoms with Crippen molar-refractivity contribution in [1.82, 2.24) is 0 Å². The first-order valence-corrected chi connectivity index (χ1v) is 6.97. The van der Waals surface area contributed by atoms with Gasteiger partial charge in [0.25, 0.3) is 11.8 Å². The average Bonchev–Trinajstić information content (AvgIpc) is 2.74. The summed E-state index contributed by atoms with van der Waals surface area (Å²) >= 11 is 0. The smallest absolute Gasteiger partial charge is 0.258 e. The number of hydrogen-bond acceptors (Lipinski definition) is 4. The topological polar surface area (TPSA) is 71.5 Å². The second-order valence-corrected chi connectivity index (χ2v) is 5.23. The molecule has 22 heavy (non-hydrogen) atoms. The van der Waals surface area contributed by atoms with Gasteiger partial charge in [-0.2, -0.15) is 0 Å². The van der Waals surface area contributed by atoms with Crippen LogP contribution >= 0.6 is 0 Å². The van der Waals surface area contributed by atoms with Crippen LogP contribution in [0.5, 0.6) is 0 Å². The van der Waals surface area contributed by atoms with Crippen LogP contribution in [0.4, 0.5) is 5.69 Å². The molecule has 1 aliphatic carbocycles. The number of anilines is 1. The molecule has 1 heterocycles. The first kappa shape index (κ1) is 14.1. The van der Waals surface area contributed by atoms with E-state index in [9.17, 15) is 19.2 Å². The molecule has 0 spiro atoms. The molecule has 1 aliphatic heterocycles. The van der Waals surface area contributed by atoms with Gasteiger partial charge in [-0.05, 0) is 36.3 Å². The highest BCUT2D eigenvalue weighted by molar-refractivity contribution is 6.28. The summed E-state index contributed by atoms with van der Waals surface area (Å²) in [6.45, 7) is 0. The van der Waals surface area contributed by atoms with Gasteiger partial charge in [-0.25, -0.2) is 4.90 Å². The molecule has 3 rings (SSSR count). The van der Waals surface area contributed by atoms with E-state index in [2.05, 4.69) is 0 Å². The monoisotopic (exact) mass is 295 g/mol. The fourth-order valence-electron chi connectivity index (χ4n) is 2.67. The number of carbonyl (C=O) groups is 4. The number of ketones is 2. The summed E-state index contributed by atoms with van der Waals surface area (Å²) in [7, 11) is 0. The lowest BCUT2D eigenvalue weighted by atomic mass is 9.91. The van der Waals surface area contributed by atoms with Crippen LogP contribution < -0.4 is 4.90 Å².